The molecule has 1 saturated carbocycles. The van der Waals surface area contributed by atoms with Crippen molar-refractivity contribution in [3.8, 4) is 0 Å². The summed E-state index contributed by atoms with van der Waals surface area (Å²) >= 11 is 0. The summed E-state index contributed by atoms with van der Waals surface area (Å²) < 4.78 is 5.27. The lowest BCUT2D eigenvalue weighted by molar-refractivity contribution is 0.116. The number of hydrogen-bond donors (Lipinski definition) is 1. The van der Waals surface area contributed by atoms with Crippen molar-refractivity contribution in [1.82, 2.24) is 9.88 Å². The molecule has 1 aliphatic carbocycles. The molecule has 112 valence electrons. The van der Waals surface area contributed by atoms with Gasteiger partial charge in [-0.3, -0.25) is 9.88 Å². The van der Waals surface area contributed by atoms with Crippen LogP contribution in [0.5, 0.6) is 0 Å². The van der Waals surface area contributed by atoms with Crippen molar-refractivity contribution in [2.45, 2.75) is 24.9 Å². The molecule has 4 nitrogen and oxygen atoms in total. The van der Waals surface area contributed by atoms with Gasteiger partial charge >= 0.3 is 0 Å². The number of fused-ring (bicyclic) bond motifs is 1. The summed E-state index contributed by atoms with van der Waals surface area (Å²) in [5.74, 6) is 0. The van der Waals surface area contributed by atoms with E-state index < -0.39 is 0 Å². The third-order valence-corrected chi connectivity index (χ3v) is 4.25. The predicted molar refractivity (Wildman–Crippen MR) is 85.1 cm³/mol. The van der Waals surface area contributed by atoms with E-state index >= 15 is 0 Å². The van der Waals surface area contributed by atoms with E-state index in [9.17, 15) is 0 Å². The zero-order valence-corrected chi connectivity index (χ0v) is 12.5. The highest BCUT2D eigenvalue weighted by Crippen LogP contribution is 2.35. The van der Waals surface area contributed by atoms with E-state index in [4.69, 9.17) is 10.5 Å². The lowest BCUT2D eigenvalue weighted by Crippen LogP contribution is -2.37. The molecule has 1 aliphatic rings. The van der Waals surface area contributed by atoms with Crippen molar-refractivity contribution < 1.29 is 4.74 Å². The Balaban J connectivity index is 1.96. The number of aromatic nitrogens is 1. The molecule has 2 N–H and O–H groups in total. The Labute approximate surface area is 125 Å². The van der Waals surface area contributed by atoms with E-state index in [1.165, 1.54) is 29.2 Å². The van der Waals surface area contributed by atoms with Gasteiger partial charge in [0.05, 0.1) is 6.61 Å². The van der Waals surface area contributed by atoms with Crippen LogP contribution in [0.3, 0.4) is 0 Å². The van der Waals surface area contributed by atoms with Gasteiger partial charge in [0.15, 0.2) is 0 Å². The zero-order chi connectivity index (χ0) is 14.7. The van der Waals surface area contributed by atoms with Gasteiger partial charge in [0, 0.05) is 50.1 Å². The monoisotopic (exact) mass is 285 g/mol. The number of methoxy groups -OCH3 is 1. The second-order valence-electron chi connectivity index (χ2n) is 5.66. The maximum Gasteiger partial charge on any atom is 0.0590 e. The van der Waals surface area contributed by atoms with Gasteiger partial charge in [0.25, 0.3) is 0 Å². The SMILES string of the molecule is COCCN(C1CC1)C(CN)c1cncc2ccccc12. The third-order valence-electron chi connectivity index (χ3n) is 4.25. The molecule has 1 aromatic carbocycles. The molecular formula is C17H23N3O. The molecule has 1 unspecified atom stereocenters. The Hall–Kier alpha value is -1.49. The Morgan fingerprint density at radius 1 is 1.33 bits per heavy atom. The highest BCUT2D eigenvalue weighted by molar-refractivity contribution is 5.85. The van der Waals surface area contributed by atoms with Gasteiger partial charge in [-0.05, 0) is 23.8 Å². The fourth-order valence-corrected chi connectivity index (χ4v) is 3.04. The topological polar surface area (TPSA) is 51.4 Å². The molecule has 1 atom stereocenters. The molecule has 0 amide bonds. The molecule has 0 saturated heterocycles. The standard InChI is InChI=1S/C17H23N3O/c1-21-9-8-20(14-6-7-14)17(10-18)16-12-19-11-13-4-2-3-5-15(13)16/h2-5,11-12,14,17H,6-10,18H2,1H3. The first-order valence-corrected chi connectivity index (χ1v) is 7.62. The summed E-state index contributed by atoms with van der Waals surface area (Å²) in [6.07, 6.45) is 6.42. The lowest BCUT2D eigenvalue weighted by Gasteiger charge is -2.31. The number of nitrogens with two attached hydrogens (primary N) is 1. The van der Waals surface area contributed by atoms with Crippen LogP contribution in [-0.2, 0) is 4.74 Å². The number of pyridine rings is 1. The summed E-state index contributed by atoms with van der Waals surface area (Å²) in [5.41, 5.74) is 7.36. The van der Waals surface area contributed by atoms with Crippen LogP contribution in [-0.4, -0.2) is 42.7 Å². The van der Waals surface area contributed by atoms with E-state index in [0.717, 1.165) is 13.2 Å². The number of rotatable bonds is 7. The van der Waals surface area contributed by atoms with E-state index in [-0.39, 0.29) is 6.04 Å². The maximum atomic E-state index is 6.12. The molecule has 2 aromatic rings. The summed E-state index contributed by atoms with van der Waals surface area (Å²) in [6.45, 7) is 2.27. The molecule has 0 bridgehead atoms. The van der Waals surface area contributed by atoms with E-state index in [0.29, 0.717) is 12.6 Å². The molecule has 1 aromatic heterocycles. The van der Waals surface area contributed by atoms with Crippen molar-refractivity contribution in [3.63, 3.8) is 0 Å². The molecule has 1 fully saturated rings. The van der Waals surface area contributed by atoms with E-state index in [1.807, 2.05) is 12.4 Å². The maximum absolute atomic E-state index is 6.12. The van der Waals surface area contributed by atoms with Crippen LogP contribution in [0.4, 0.5) is 0 Å². The van der Waals surface area contributed by atoms with Gasteiger partial charge < -0.3 is 10.5 Å². The molecule has 0 radical (unpaired) electrons. The summed E-state index contributed by atoms with van der Waals surface area (Å²) in [5, 5.41) is 2.43. The van der Waals surface area contributed by atoms with Crippen molar-refractivity contribution >= 4 is 10.8 Å². The molecule has 3 rings (SSSR count). The van der Waals surface area contributed by atoms with Crippen LogP contribution in [0.25, 0.3) is 10.8 Å². The Bertz CT molecular complexity index is 592. The zero-order valence-electron chi connectivity index (χ0n) is 12.5. The molecule has 0 spiro atoms. The largest absolute Gasteiger partial charge is 0.383 e. The first-order chi connectivity index (χ1) is 10.3. The minimum absolute atomic E-state index is 0.214. The highest BCUT2D eigenvalue weighted by atomic mass is 16.5. The van der Waals surface area contributed by atoms with E-state index in [1.54, 1.807) is 7.11 Å². The van der Waals surface area contributed by atoms with Crippen molar-refractivity contribution in [2.75, 3.05) is 26.8 Å². The van der Waals surface area contributed by atoms with Gasteiger partial charge in [-0.1, -0.05) is 24.3 Å². The second-order valence-corrected chi connectivity index (χ2v) is 5.66. The summed E-state index contributed by atoms with van der Waals surface area (Å²) in [6, 6.07) is 9.26. The summed E-state index contributed by atoms with van der Waals surface area (Å²) in [7, 11) is 1.75. The number of ether oxygens (including phenoxy) is 1. The number of hydrogen-bond acceptors (Lipinski definition) is 4. The van der Waals surface area contributed by atoms with Crippen LogP contribution in [0, 0.1) is 0 Å². The van der Waals surface area contributed by atoms with Gasteiger partial charge in [0.1, 0.15) is 0 Å². The molecule has 0 aliphatic heterocycles. The van der Waals surface area contributed by atoms with Gasteiger partial charge in [-0.15, -0.1) is 0 Å². The van der Waals surface area contributed by atoms with Crippen LogP contribution in [0.15, 0.2) is 36.7 Å². The molecule has 1 heterocycles. The highest BCUT2D eigenvalue weighted by Gasteiger charge is 2.34. The molecule has 21 heavy (non-hydrogen) atoms. The number of nitrogens with zero attached hydrogens (tertiary/aromatic N) is 2. The van der Waals surface area contributed by atoms with Crippen molar-refractivity contribution in [2.24, 2.45) is 5.73 Å². The Morgan fingerprint density at radius 2 is 2.14 bits per heavy atom. The average molecular weight is 285 g/mol. The Morgan fingerprint density at radius 3 is 2.86 bits per heavy atom. The fourth-order valence-electron chi connectivity index (χ4n) is 3.04. The average Bonchev–Trinajstić information content (AvgIpc) is 3.36. The van der Waals surface area contributed by atoms with Crippen molar-refractivity contribution in [3.05, 3.63) is 42.2 Å². The van der Waals surface area contributed by atoms with Crippen LogP contribution in [0.1, 0.15) is 24.4 Å². The minimum Gasteiger partial charge on any atom is -0.383 e. The fraction of sp³-hybridized carbons (Fsp3) is 0.471. The van der Waals surface area contributed by atoms with Gasteiger partial charge in [-0.2, -0.15) is 0 Å². The summed E-state index contributed by atoms with van der Waals surface area (Å²) in [4.78, 5) is 6.90. The van der Waals surface area contributed by atoms with Crippen LogP contribution < -0.4 is 5.73 Å². The lowest BCUT2D eigenvalue weighted by atomic mass is 10.00. The smallest absolute Gasteiger partial charge is 0.0590 e. The predicted octanol–water partition coefficient (Wildman–Crippen LogP) is 2.35. The molecule has 4 heteroatoms. The normalized spacial score (nSPS) is 16.5. The quantitative estimate of drug-likeness (QED) is 0.848. The minimum atomic E-state index is 0.214. The first kappa shape index (κ1) is 14.4. The van der Waals surface area contributed by atoms with Crippen LogP contribution >= 0.6 is 0 Å². The van der Waals surface area contributed by atoms with Gasteiger partial charge in [-0.25, -0.2) is 0 Å². The van der Waals surface area contributed by atoms with E-state index in [2.05, 4.69) is 34.1 Å². The first-order valence-electron chi connectivity index (χ1n) is 7.62. The van der Waals surface area contributed by atoms with Gasteiger partial charge in [0.2, 0.25) is 0 Å². The third kappa shape index (κ3) is 3.07. The number of benzene rings is 1. The Kier molecular flexibility index (Phi) is 4.48. The van der Waals surface area contributed by atoms with Crippen molar-refractivity contribution in [1.29, 1.82) is 0 Å². The second kappa shape index (κ2) is 6.52. The molecular weight excluding hydrogens is 262 g/mol. The van der Waals surface area contributed by atoms with Crippen LogP contribution in [0.2, 0.25) is 0 Å².